The Balaban J connectivity index is 2.55. The molecule has 1 aliphatic rings. The molecule has 2 rings (SSSR count). The molecular weight excluding hydrogens is 562 g/mol. The van der Waals surface area contributed by atoms with E-state index in [9.17, 15) is 24.0 Å². The maximum absolute atomic E-state index is 13.9. The minimum atomic E-state index is -1.23. The second kappa shape index (κ2) is 16.8. The molecule has 3 amide bonds. The van der Waals surface area contributed by atoms with E-state index < -0.39 is 65.3 Å². The van der Waals surface area contributed by atoms with Crippen LogP contribution in [0, 0.1) is 29.6 Å². The van der Waals surface area contributed by atoms with Crippen molar-refractivity contribution in [3.05, 3.63) is 35.9 Å². The average molecular weight is 612 g/mol. The first kappa shape index (κ1) is 36.3. The lowest BCUT2D eigenvalue weighted by Crippen LogP contribution is -2.56. The number of carbonyl (C=O) groups is 5. The number of nitrogens with one attached hydrogen (secondary N) is 2. The van der Waals surface area contributed by atoms with Crippen molar-refractivity contribution in [3.8, 4) is 12.3 Å². The number of esters is 2. The number of hydrogen-bond donors (Lipinski definition) is 2. The van der Waals surface area contributed by atoms with Gasteiger partial charge < -0.3 is 25.0 Å². The van der Waals surface area contributed by atoms with Crippen LogP contribution in [0.1, 0.15) is 79.2 Å². The summed E-state index contributed by atoms with van der Waals surface area (Å²) in [5.74, 6) is -1.04. The Morgan fingerprint density at radius 2 is 1.73 bits per heavy atom. The zero-order valence-electron chi connectivity index (χ0n) is 27.2. The quantitative estimate of drug-likeness (QED) is 0.262. The zero-order valence-corrected chi connectivity index (χ0v) is 27.2. The van der Waals surface area contributed by atoms with Gasteiger partial charge in [-0.25, -0.2) is 4.79 Å². The largest absolute Gasteiger partial charge is 0.461 e. The molecule has 2 N–H and O–H groups in total. The number of carbonyl (C=O) groups excluding carboxylic acids is 5. The van der Waals surface area contributed by atoms with E-state index in [2.05, 4.69) is 16.6 Å². The molecule has 10 nitrogen and oxygen atoms in total. The number of hydrogen-bond acceptors (Lipinski definition) is 7. The van der Waals surface area contributed by atoms with E-state index in [0.717, 1.165) is 5.56 Å². The molecule has 44 heavy (non-hydrogen) atoms. The number of ether oxygens (including phenoxy) is 2. The highest BCUT2D eigenvalue weighted by Gasteiger charge is 2.43. The van der Waals surface area contributed by atoms with Crippen molar-refractivity contribution in [2.75, 3.05) is 13.6 Å². The van der Waals surface area contributed by atoms with Gasteiger partial charge in [-0.05, 0) is 44.1 Å². The van der Waals surface area contributed by atoms with Crippen LogP contribution in [0.5, 0.6) is 0 Å². The Kier molecular flexibility index (Phi) is 13.9. The fraction of sp³-hybridized carbons (Fsp3) is 0.618. The third-order valence-electron chi connectivity index (χ3n) is 8.31. The van der Waals surface area contributed by atoms with Gasteiger partial charge in [0.2, 0.25) is 11.8 Å². The normalized spacial score (nSPS) is 24.8. The number of likely N-dealkylation sites (N-methyl/N-ethyl adjacent to an activating group) is 1. The standard InChI is InChI=1S/C34H49N3O7/c1-9-11-13-18-26-34(6,7)33(42)36-28(23(5)10-2)32(41)44-29(22(3)4)31(40)37(8)25(21-24-16-14-12-15-17-24)30(39)35-20-19-27(38)43-26/h1,12,14-17,22-23,25-26,28-29H,10-11,13,18-21H2,2-8H3,(H,35,39)(H,36,42). The highest BCUT2D eigenvalue weighted by Crippen LogP contribution is 2.29. The summed E-state index contributed by atoms with van der Waals surface area (Å²) in [6.07, 6.45) is 5.27. The average Bonchev–Trinajstić information content (AvgIpc) is 2.99. The fourth-order valence-electron chi connectivity index (χ4n) is 4.99. The topological polar surface area (TPSA) is 131 Å². The SMILES string of the molecule is C#CCCCC1OC(=O)CCNC(=O)C(Cc2ccccc2)N(C)C(=O)C(C(C)C)OC(=O)C(C(C)CC)NC(=O)C1(C)C. The summed E-state index contributed by atoms with van der Waals surface area (Å²) in [7, 11) is 1.50. The number of nitrogens with zero attached hydrogens (tertiary/aromatic N) is 1. The smallest absolute Gasteiger partial charge is 0.329 e. The van der Waals surface area contributed by atoms with E-state index in [0.29, 0.717) is 25.7 Å². The lowest BCUT2D eigenvalue weighted by molar-refractivity contribution is -0.168. The van der Waals surface area contributed by atoms with E-state index in [-0.39, 0.29) is 25.3 Å². The van der Waals surface area contributed by atoms with E-state index in [1.165, 1.54) is 11.9 Å². The lowest BCUT2D eigenvalue weighted by Gasteiger charge is -2.35. The Hall–Kier alpha value is -3.87. The summed E-state index contributed by atoms with van der Waals surface area (Å²) < 4.78 is 11.6. The predicted molar refractivity (Wildman–Crippen MR) is 167 cm³/mol. The van der Waals surface area contributed by atoms with E-state index in [1.807, 2.05) is 44.2 Å². The van der Waals surface area contributed by atoms with Crippen LogP contribution in [0.25, 0.3) is 0 Å². The first-order valence-corrected chi connectivity index (χ1v) is 15.5. The first-order valence-electron chi connectivity index (χ1n) is 15.5. The molecule has 1 aliphatic heterocycles. The second-order valence-corrected chi connectivity index (χ2v) is 12.4. The van der Waals surface area contributed by atoms with Crippen LogP contribution in [0.4, 0.5) is 0 Å². The summed E-state index contributed by atoms with van der Waals surface area (Å²) in [6, 6.07) is 7.23. The molecule has 5 unspecified atom stereocenters. The van der Waals surface area contributed by atoms with Gasteiger partial charge in [-0.2, -0.15) is 0 Å². The minimum Gasteiger partial charge on any atom is -0.461 e. The Labute approximate surface area is 262 Å². The Bertz CT molecular complexity index is 1190. The highest BCUT2D eigenvalue weighted by atomic mass is 16.6. The fourth-order valence-corrected chi connectivity index (χ4v) is 4.99. The van der Waals surface area contributed by atoms with Gasteiger partial charge in [0.05, 0.1) is 11.8 Å². The zero-order chi connectivity index (χ0) is 33.0. The first-order chi connectivity index (χ1) is 20.7. The van der Waals surface area contributed by atoms with Gasteiger partial charge in [-0.3, -0.25) is 19.2 Å². The summed E-state index contributed by atoms with van der Waals surface area (Å²) in [6.45, 7) is 10.5. The molecule has 10 heteroatoms. The third-order valence-corrected chi connectivity index (χ3v) is 8.31. The summed E-state index contributed by atoms with van der Waals surface area (Å²) in [4.78, 5) is 69.0. The van der Waals surface area contributed by atoms with Gasteiger partial charge in [0.1, 0.15) is 18.2 Å². The predicted octanol–water partition coefficient (Wildman–Crippen LogP) is 3.42. The summed E-state index contributed by atoms with van der Waals surface area (Å²) >= 11 is 0. The number of benzene rings is 1. The lowest BCUT2D eigenvalue weighted by atomic mass is 9.82. The number of amides is 3. The molecular formula is C34H49N3O7. The van der Waals surface area contributed by atoms with Crippen molar-refractivity contribution in [3.63, 3.8) is 0 Å². The molecule has 1 fully saturated rings. The van der Waals surface area contributed by atoms with Gasteiger partial charge in [-0.1, -0.05) is 64.4 Å². The van der Waals surface area contributed by atoms with Crippen molar-refractivity contribution in [2.45, 2.75) is 104 Å². The summed E-state index contributed by atoms with van der Waals surface area (Å²) in [5, 5.41) is 5.60. The number of cyclic esters (lactones) is 2. The van der Waals surface area contributed by atoms with Crippen LogP contribution in [-0.4, -0.2) is 72.4 Å². The molecule has 5 atom stereocenters. The second-order valence-electron chi connectivity index (χ2n) is 12.4. The third kappa shape index (κ3) is 9.83. The van der Waals surface area contributed by atoms with Crippen molar-refractivity contribution < 1.29 is 33.4 Å². The number of unbranched alkanes of at least 4 members (excludes halogenated alkanes) is 1. The van der Waals surface area contributed by atoms with Crippen molar-refractivity contribution in [2.24, 2.45) is 17.3 Å². The maximum Gasteiger partial charge on any atom is 0.329 e. The van der Waals surface area contributed by atoms with Gasteiger partial charge in [0.15, 0.2) is 6.10 Å². The van der Waals surface area contributed by atoms with Crippen molar-refractivity contribution in [1.29, 1.82) is 0 Å². The maximum atomic E-state index is 13.9. The van der Waals surface area contributed by atoms with Gasteiger partial charge in [0, 0.05) is 26.4 Å². The van der Waals surface area contributed by atoms with E-state index in [4.69, 9.17) is 15.9 Å². The van der Waals surface area contributed by atoms with Crippen LogP contribution in [0.15, 0.2) is 30.3 Å². The Morgan fingerprint density at radius 3 is 2.32 bits per heavy atom. The molecule has 0 saturated carbocycles. The molecule has 0 bridgehead atoms. The Morgan fingerprint density at radius 1 is 1.07 bits per heavy atom. The monoisotopic (exact) mass is 611 g/mol. The van der Waals surface area contributed by atoms with Crippen LogP contribution in [0.2, 0.25) is 0 Å². The molecule has 0 radical (unpaired) electrons. The molecule has 1 saturated heterocycles. The van der Waals surface area contributed by atoms with Crippen molar-refractivity contribution in [1.82, 2.24) is 15.5 Å². The van der Waals surface area contributed by atoms with Crippen molar-refractivity contribution >= 4 is 29.7 Å². The highest BCUT2D eigenvalue weighted by molar-refractivity contribution is 5.92. The van der Waals surface area contributed by atoms with Crippen LogP contribution in [-0.2, 0) is 39.9 Å². The minimum absolute atomic E-state index is 0.0344. The van der Waals surface area contributed by atoms with Gasteiger partial charge >= 0.3 is 11.9 Å². The molecule has 242 valence electrons. The molecule has 0 aliphatic carbocycles. The van der Waals surface area contributed by atoms with E-state index in [1.54, 1.807) is 27.7 Å². The van der Waals surface area contributed by atoms with E-state index >= 15 is 0 Å². The molecule has 1 aromatic rings. The molecule has 0 aromatic heterocycles. The van der Waals surface area contributed by atoms with Gasteiger partial charge in [0.25, 0.3) is 5.91 Å². The van der Waals surface area contributed by atoms with Crippen LogP contribution in [0.3, 0.4) is 0 Å². The molecule has 1 heterocycles. The molecule has 1 aromatic carbocycles. The molecule has 0 spiro atoms. The summed E-state index contributed by atoms with van der Waals surface area (Å²) in [5.41, 5.74) is -0.408. The van der Waals surface area contributed by atoms with Gasteiger partial charge in [-0.15, -0.1) is 12.3 Å². The number of rotatable bonds is 8. The van der Waals surface area contributed by atoms with Crippen LogP contribution < -0.4 is 10.6 Å². The van der Waals surface area contributed by atoms with Crippen LogP contribution >= 0.6 is 0 Å². The number of terminal acetylenes is 1.